The number of carbonyl (C=O) groups is 1. The Morgan fingerprint density at radius 2 is 2.29 bits per heavy atom. The average Bonchev–Trinajstić information content (AvgIpc) is 2.74. The Kier molecular flexibility index (Phi) is 3.79. The van der Waals surface area contributed by atoms with E-state index in [-0.39, 0.29) is 11.9 Å². The largest absolute Gasteiger partial charge is 0.334 e. The van der Waals surface area contributed by atoms with Crippen LogP contribution in [0, 0.1) is 5.82 Å². The molecule has 1 aliphatic heterocycles. The highest BCUT2D eigenvalue weighted by Gasteiger charge is 2.28. The molecule has 2 N–H and O–H groups in total. The van der Waals surface area contributed by atoms with Crippen molar-refractivity contribution in [3.8, 4) is 0 Å². The molecule has 1 aliphatic rings. The lowest BCUT2D eigenvalue weighted by Crippen LogP contribution is -2.39. The van der Waals surface area contributed by atoms with Crippen LogP contribution in [0.5, 0.6) is 0 Å². The molecule has 1 amide bonds. The number of amides is 1. The Labute approximate surface area is 108 Å². The number of benzene rings is 1. The number of hydrogen-bond donors (Lipinski definition) is 1. The highest BCUT2D eigenvalue weighted by Crippen LogP contribution is 2.22. The van der Waals surface area contributed by atoms with Crippen LogP contribution in [0.2, 0.25) is 0 Å². The summed E-state index contributed by atoms with van der Waals surface area (Å²) < 4.78 is 13.8. The number of halogens is 2. The Morgan fingerprint density at radius 3 is 2.94 bits per heavy atom. The quantitative estimate of drug-likeness (QED) is 0.910. The molecule has 1 atom stereocenters. The fraction of sp³-hybridized carbons (Fsp3) is 0.417. The van der Waals surface area contributed by atoms with E-state index in [1.54, 1.807) is 11.0 Å². The van der Waals surface area contributed by atoms with Crippen molar-refractivity contribution in [1.29, 1.82) is 0 Å². The standard InChI is InChI=1S/C12H14BrFN2O/c13-9-4-8(5-10(14)6-9)12(17)16-3-1-2-11(16)7-15/h4-6,11H,1-3,7,15H2/t11-/m1/s1. The van der Waals surface area contributed by atoms with Gasteiger partial charge in [-0.15, -0.1) is 0 Å². The van der Waals surface area contributed by atoms with Crippen molar-refractivity contribution in [1.82, 2.24) is 4.90 Å². The summed E-state index contributed by atoms with van der Waals surface area (Å²) >= 11 is 3.19. The second-order valence-electron chi connectivity index (χ2n) is 4.19. The van der Waals surface area contributed by atoms with Crippen LogP contribution in [0.4, 0.5) is 4.39 Å². The van der Waals surface area contributed by atoms with Crippen LogP contribution in [0.25, 0.3) is 0 Å². The minimum atomic E-state index is -0.411. The van der Waals surface area contributed by atoms with E-state index >= 15 is 0 Å². The number of likely N-dealkylation sites (tertiary alicyclic amines) is 1. The number of nitrogens with zero attached hydrogens (tertiary/aromatic N) is 1. The molecule has 1 fully saturated rings. The van der Waals surface area contributed by atoms with Gasteiger partial charge in [-0.3, -0.25) is 4.79 Å². The Bertz CT molecular complexity index is 418. The summed E-state index contributed by atoms with van der Waals surface area (Å²) in [6.07, 6.45) is 1.89. The molecule has 1 aromatic carbocycles. The molecular weight excluding hydrogens is 287 g/mol. The number of nitrogens with two attached hydrogens (primary N) is 1. The molecule has 92 valence electrons. The fourth-order valence-corrected chi connectivity index (χ4v) is 2.66. The summed E-state index contributed by atoms with van der Waals surface area (Å²) in [6, 6.07) is 4.32. The van der Waals surface area contributed by atoms with Gasteiger partial charge >= 0.3 is 0 Å². The van der Waals surface area contributed by atoms with E-state index in [1.807, 2.05) is 0 Å². The normalized spacial score (nSPS) is 19.7. The molecule has 0 aliphatic carbocycles. The van der Waals surface area contributed by atoms with Crippen molar-refractivity contribution in [2.24, 2.45) is 5.73 Å². The first-order valence-corrected chi connectivity index (χ1v) is 6.38. The van der Waals surface area contributed by atoms with Crippen molar-refractivity contribution in [3.05, 3.63) is 34.1 Å². The van der Waals surface area contributed by atoms with E-state index in [1.165, 1.54) is 12.1 Å². The molecule has 5 heteroatoms. The fourth-order valence-electron chi connectivity index (χ4n) is 2.19. The zero-order valence-electron chi connectivity index (χ0n) is 9.33. The lowest BCUT2D eigenvalue weighted by atomic mass is 10.1. The topological polar surface area (TPSA) is 46.3 Å². The summed E-state index contributed by atoms with van der Waals surface area (Å²) in [4.78, 5) is 13.9. The molecule has 1 heterocycles. The van der Waals surface area contributed by atoms with Crippen LogP contribution >= 0.6 is 15.9 Å². The number of carbonyl (C=O) groups excluding carboxylic acids is 1. The molecule has 0 saturated carbocycles. The Morgan fingerprint density at radius 1 is 1.53 bits per heavy atom. The maximum Gasteiger partial charge on any atom is 0.254 e. The first-order valence-electron chi connectivity index (χ1n) is 5.59. The molecule has 2 rings (SSSR count). The van der Waals surface area contributed by atoms with Crippen molar-refractivity contribution in [2.75, 3.05) is 13.1 Å². The monoisotopic (exact) mass is 300 g/mol. The first kappa shape index (κ1) is 12.5. The smallest absolute Gasteiger partial charge is 0.254 e. The maximum atomic E-state index is 13.2. The second kappa shape index (κ2) is 5.14. The third-order valence-corrected chi connectivity index (χ3v) is 3.48. The third-order valence-electron chi connectivity index (χ3n) is 3.02. The first-order chi connectivity index (χ1) is 8.11. The molecule has 1 aromatic rings. The number of rotatable bonds is 2. The van der Waals surface area contributed by atoms with Gasteiger partial charge < -0.3 is 10.6 Å². The van der Waals surface area contributed by atoms with Gasteiger partial charge in [0, 0.05) is 29.2 Å². The van der Waals surface area contributed by atoms with E-state index < -0.39 is 5.82 Å². The summed E-state index contributed by atoms with van der Waals surface area (Å²) in [5, 5.41) is 0. The van der Waals surface area contributed by atoms with Crippen LogP contribution < -0.4 is 5.73 Å². The predicted octanol–water partition coefficient (Wildman–Crippen LogP) is 2.15. The summed E-state index contributed by atoms with van der Waals surface area (Å²) in [7, 11) is 0. The van der Waals surface area contributed by atoms with Crippen molar-refractivity contribution < 1.29 is 9.18 Å². The highest BCUT2D eigenvalue weighted by atomic mass is 79.9. The van der Waals surface area contributed by atoms with Crippen molar-refractivity contribution in [2.45, 2.75) is 18.9 Å². The van der Waals surface area contributed by atoms with E-state index in [0.29, 0.717) is 23.1 Å². The molecule has 0 unspecified atom stereocenters. The molecule has 17 heavy (non-hydrogen) atoms. The molecule has 0 radical (unpaired) electrons. The Hall–Kier alpha value is -0.940. The molecule has 0 bridgehead atoms. The Balaban J connectivity index is 2.24. The van der Waals surface area contributed by atoms with Gasteiger partial charge in [0.2, 0.25) is 0 Å². The lowest BCUT2D eigenvalue weighted by Gasteiger charge is -2.23. The van der Waals surface area contributed by atoms with Gasteiger partial charge in [-0.05, 0) is 31.0 Å². The van der Waals surface area contributed by atoms with Crippen molar-refractivity contribution in [3.63, 3.8) is 0 Å². The molecule has 0 aromatic heterocycles. The minimum Gasteiger partial charge on any atom is -0.334 e. The maximum absolute atomic E-state index is 13.2. The van der Waals surface area contributed by atoms with Crippen LogP contribution in [-0.4, -0.2) is 29.9 Å². The predicted molar refractivity (Wildman–Crippen MR) is 67.2 cm³/mol. The number of hydrogen-bond acceptors (Lipinski definition) is 2. The molecule has 3 nitrogen and oxygen atoms in total. The zero-order valence-corrected chi connectivity index (χ0v) is 10.9. The third kappa shape index (κ3) is 2.66. The zero-order chi connectivity index (χ0) is 12.4. The van der Waals surface area contributed by atoms with Gasteiger partial charge in [0.15, 0.2) is 0 Å². The average molecular weight is 301 g/mol. The molecule has 1 saturated heterocycles. The summed E-state index contributed by atoms with van der Waals surface area (Å²) in [5.74, 6) is -0.552. The van der Waals surface area contributed by atoms with Gasteiger partial charge in [-0.25, -0.2) is 4.39 Å². The summed E-state index contributed by atoms with van der Waals surface area (Å²) in [6.45, 7) is 1.16. The van der Waals surface area contributed by atoms with Crippen LogP contribution in [0.15, 0.2) is 22.7 Å². The van der Waals surface area contributed by atoms with Gasteiger partial charge in [0.05, 0.1) is 0 Å². The van der Waals surface area contributed by atoms with E-state index in [2.05, 4.69) is 15.9 Å². The molecular formula is C12H14BrFN2O. The van der Waals surface area contributed by atoms with Gasteiger partial charge in [-0.1, -0.05) is 15.9 Å². The van der Waals surface area contributed by atoms with Gasteiger partial charge in [0.25, 0.3) is 5.91 Å². The summed E-state index contributed by atoms with van der Waals surface area (Å²) in [5.41, 5.74) is 6.00. The highest BCUT2D eigenvalue weighted by molar-refractivity contribution is 9.10. The minimum absolute atomic E-state index is 0.0875. The van der Waals surface area contributed by atoms with Gasteiger partial charge in [0.1, 0.15) is 5.82 Å². The van der Waals surface area contributed by atoms with Crippen LogP contribution in [0.3, 0.4) is 0 Å². The molecule has 0 spiro atoms. The van der Waals surface area contributed by atoms with Crippen molar-refractivity contribution >= 4 is 21.8 Å². The SMILES string of the molecule is NC[C@H]1CCCN1C(=O)c1cc(F)cc(Br)c1. The van der Waals surface area contributed by atoms with Crippen LogP contribution in [-0.2, 0) is 0 Å². The van der Waals surface area contributed by atoms with E-state index in [0.717, 1.165) is 12.8 Å². The van der Waals surface area contributed by atoms with E-state index in [9.17, 15) is 9.18 Å². The van der Waals surface area contributed by atoms with E-state index in [4.69, 9.17) is 5.73 Å². The second-order valence-corrected chi connectivity index (χ2v) is 5.10. The van der Waals surface area contributed by atoms with Crippen LogP contribution in [0.1, 0.15) is 23.2 Å². The van der Waals surface area contributed by atoms with Gasteiger partial charge in [-0.2, -0.15) is 0 Å². The lowest BCUT2D eigenvalue weighted by molar-refractivity contribution is 0.0740.